The number of thiophene rings is 1. The molecule has 0 radical (unpaired) electrons. The number of halogens is 1. The summed E-state index contributed by atoms with van der Waals surface area (Å²) < 4.78 is 0.959. The fraction of sp³-hybridized carbons (Fsp3) is 0.286. The van der Waals surface area contributed by atoms with Gasteiger partial charge in [-0.25, -0.2) is 0 Å². The summed E-state index contributed by atoms with van der Waals surface area (Å²) in [4.78, 5) is 3.72. The normalized spacial score (nSPS) is 12.9. The van der Waals surface area contributed by atoms with Gasteiger partial charge in [0.2, 0.25) is 0 Å². The molecule has 0 saturated heterocycles. The van der Waals surface area contributed by atoms with Crippen molar-refractivity contribution in [3.63, 3.8) is 0 Å². The molecule has 2 rings (SSSR count). The number of nitrogens with two attached hydrogens (primary N) is 1. The summed E-state index contributed by atoms with van der Waals surface area (Å²) in [7, 11) is 2.14. The molecule has 2 N–H and O–H groups in total. The monoisotopic (exact) mass is 324 g/mol. The molecule has 0 bridgehead atoms. The van der Waals surface area contributed by atoms with Crippen molar-refractivity contribution in [3.8, 4) is 0 Å². The zero-order valence-corrected chi connectivity index (χ0v) is 13.0. The highest BCUT2D eigenvalue weighted by Gasteiger charge is 2.13. The van der Waals surface area contributed by atoms with Crippen molar-refractivity contribution >= 4 is 33.0 Å². The second kappa shape index (κ2) is 5.87. The van der Waals surface area contributed by atoms with E-state index >= 15 is 0 Å². The van der Waals surface area contributed by atoms with Crippen LogP contribution in [0.2, 0.25) is 0 Å². The van der Waals surface area contributed by atoms with Gasteiger partial charge in [0.05, 0.1) is 0 Å². The Kier molecular flexibility index (Phi) is 4.43. The maximum atomic E-state index is 5.90. The standard InChI is InChI=1S/C14H17BrN2S/c1-10(14-4-3-7-18-14)17(2)9-11-5-6-12(15)13(16)8-11/h3-8,10H,9,16H2,1-2H3. The van der Waals surface area contributed by atoms with Crippen molar-refractivity contribution in [2.24, 2.45) is 0 Å². The first-order valence-corrected chi connectivity index (χ1v) is 7.52. The molecule has 0 aliphatic rings. The lowest BCUT2D eigenvalue weighted by Gasteiger charge is -2.24. The van der Waals surface area contributed by atoms with Crippen LogP contribution in [0, 0.1) is 0 Å². The summed E-state index contributed by atoms with van der Waals surface area (Å²) in [6.07, 6.45) is 0. The number of anilines is 1. The van der Waals surface area contributed by atoms with Crippen LogP contribution in [0.4, 0.5) is 5.69 Å². The van der Waals surface area contributed by atoms with E-state index in [4.69, 9.17) is 5.73 Å². The lowest BCUT2D eigenvalue weighted by molar-refractivity contribution is 0.256. The van der Waals surface area contributed by atoms with Gasteiger partial charge >= 0.3 is 0 Å². The molecule has 1 aromatic carbocycles. The molecule has 18 heavy (non-hydrogen) atoms. The van der Waals surface area contributed by atoms with Gasteiger partial charge in [-0.1, -0.05) is 12.1 Å². The SMILES string of the molecule is CC(c1cccs1)N(C)Cc1ccc(Br)c(N)c1. The Bertz CT molecular complexity index is 511. The summed E-state index contributed by atoms with van der Waals surface area (Å²) in [6, 6.07) is 10.9. The van der Waals surface area contributed by atoms with E-state index in [2.05, 4.69) is 58.4 Å². The molecule has 0 saturated carbocycles. The molecule has 0 aliphatic heterocycles. The molecule has 1 atom stereocenters. The predicted molar refractivity (Wildman–Crippen MR) is 82.8 cm³/mol. The molecular weight excluding hydrogens is 308 g/mol. The van der Waals surface area contributed by atoms with Crippen LogP contribution in [0.15, 0.2) is 40.2 Å². The molecular formula is C14H17BrN2S. The largest absolute Gasteiger partial charge is 0.398 e. The number of nitrogen functional groups attached to an aromatic ring is 1. The highest BCUT2D eigenvalue weighted by molar-refractivity contribution is 9.10. The van der Waals surface area contributed by atoms with Crippen molar-refractivity contribution in [1.29, 1.82) is 0 Å². The van der Waals surface area contributed by atoms with Crippen LogP contribution in [0.5, 0.6) is 0 Å². The zero-order valence-electron chi connectivity index (χ0n) is 10.6. The highest BCUT2D eigenvalue weighted by atomic mass is 79.9. The fourth-order valence-electron chi connectivity index (χ4n) is 1.86. The third-order valence-electron chi connectivity index (χ3n) is 3.11. The number of nitrogens with zero attached hydrogens (tertiary/aromatic N) is 1. The van der Waals surface area contributed by atoms with Gasteiger partial charge in [0, 0.05) is 27.6 Å². The smallest absolute Gasteiger partial charge is 0.0461 e. The Balaban J connectivity index is 2.06. The Morgan fingerprint density at radius 3 is 2.78 bits per heavy atom. The van der Waals surface area contributed by atoms with Crippen molar-refractivity contribution in [3.05, 3.63) is 50.6 Å². The molecule has 96 valence electrons. The molecule has 4 heteroatoms. The average molecular weight is 325 g/mol. The number of rotatable bonds is 4. The second-order valence-corrected chi connectivity index (χ2v) is 6.30. The van der Waals surface area contributed by atoms with Gasteiger partial charge < -0.3 is 5.73 Å². The van der Waals surface area contributed by atoms with Crippen LogP contribution in [-0.4, -0.2) is 11.9 Å². The van der Waals surface area contributed by atoms with Crippen LogP contribution in [0.3, 0.4) is 0 Å². The first kappa shape index (κ1) is 13.6. The Morgan fingerprint density at radius 1 is 1.39 bits per heavy atom. The van der Waals surface area contributed by atoms with Gasteiger partial charge in [-0.3, -0.25) is 4.90 Å². The quantitative estimate of drug-likeness (QED) is 0.850. The molecule has 0 spiro atoms. The third kappa shape index (κ3) is 3.13. The van der Waals surface area contributed by atoms with E-state index in [1.165, 1.54) is 10.4 Å². The van der Waals surface area contributed by atoms with E-state index in [0.29, 0.717) is 6.04 Å². The maximum Gasteiger partial charge on any atom is 0.0461 e. The number of hydrogen-bond donors (Lipinski definition) is 1. The van der Waals surface area contributed by atoms with E-state index in [9.17, 15) is 0 Å². The maximum absolute atomic E-state index is 5.90. The zero-order chi connectivity index (χ0) is 13.1. The predicted octanol–water partition coefficient (Wildman–Crippen LogP) is 4.29. The summed E-state index contributed by atoms with van der Waals surface area (Å²) in [5.74, 6) is 0. The first-order valence-electron chi connectivity index (χ1n) is 5.85. The third-order valence-corrected chi connectivity index (χ3v) is 4.87. The van der Waals surface area contributed by atoms with Crippen LogP contribution in [0.25, 0.3) is 0 Å². The average Bonchev–Trinajstić information content (AvgIpc) is 2.86. The highest BCUT2D eigenvalue weighted by Crippen LogP contribution is 2.26. The van der Waals surface area contributed by atoms with Crippen molar-refractivity contribution < 1.29 is 0 Å². The van der Waals surface area contributed by atoms with Gasteiger partial charge in [0.25, 0.3) is 0 Å². The van der Waals surface area contributed by atoms with Crippen molar-refractivity contribution in [2.75, 3.05) is 12.8 Å². The summed E-state index contributed by atoms with van der Waals surface area (Å²) >= 11 is 5.22. The Morgan fingerprint density at radius 2 is 2.17 bits per heavy atom. The molecule has 0 amide bonds. The molecule has 0 aliphatic carbocycles. The van der Waals surface area contributed by atoms with E-state index in [0.717, 1.165) is 16.7 Å². The molecule has 2 aromatic rings. The molecule has 1 aromatic heterocycles. The first-order chi connectivity index (χ1) is 8.58. The van der Waals surface area contributed by atoms with Crippen LogP contribution in [-0.2, 0) is 6.54 Å². The minimum absolute atomic E-state index is 0.426. The topological polar surface area (TPSA) is 29.3 Å². The van der Waals surface area contributed by atoms with E-state index in [-0.39, 0.29) is 0 Å². The van der Waals surface area contributed by atoms with Gasteiger partial charge in [0.15, 0.2) is 0 Å². The minimum atomic E-state index is 0.426. The lowest BCUT2D eigenvalue weighted by Crippen LogP contribution is -2.21. The number of hydrogen-bond acceptors (Lipinski definition) is 3. The van der Waals surface area contributed by atoms with Gasteiger partial charge in [0.1, 0.15) is 0 Å². The lowest BCUT2D eigenvalue weighted by atomic mass is 10.1. The minimum Gasteiger partial charge on any atom is -0.398 e. The molecule has 1 heterocycles. The van der Waals surface area contributed by atoms with Gasteiger partial charge in [-0.15, -0.1) is 11.3 Å². The van der Waals surface area contributed by atoms with Gasteiger partial charge in [-0.2, -0.15) is 0 Å². The molecule has 1 unspecified atom stereocenters. The van der Waals surface area contributed by atoms with Crippen molar-refractivity contribution in [1.82, 2.24) is 4.90 Å². The van der Waals surface area contributed by atoms with Crippen molar-refractivity contribution in [2.45, 2.75) is 19.5 Å². The van der Waals surface area contributed by atoms with Crippen LogP contribution >= 0.6 is 27.3 Å². The summed E-state index contributed by atoms with van der Waals surface area (Å²) in [6.45, 7) is 3.13. The van der Waals surface area contributed by atoms with Crippen LogP contribution < -0.4 is 5.73 Å². The van der Waals surface area contributed by atoms with E-state index in [1.807, 2.05) is 12.1 Å². The van der Waals surface area contributed by atoms with Crippen LogP contribution in [0.1, 0.15) is 23.4 Å². The van der Waals surface area contributed by atoms with E-state index < -0.39 is 0 Å². The fourth-order valence-corrected chi connectivity index (χ4v) is 2.96. The molecule has 2 nitrogen and oxygen atoms in total. The Labute approximate surface area is 121 Å². The summed E-state index contributed by atoms with van der Waals surface area (Å²) in [5, 5.41) is 2.12. The molecule has 0 fully saturated rings. The number of benzene rings is 1. The van der Waals surface area contributed by atoms with E-state index in [1.54, 1.807) is 11.3 Å². The second-order valence-electron chi connectivity index (χ2n) is 4.46. The van der Waals surface area contributed by atoms with Gasteiger partial charge in [-0.05, 0) is 59.0 Å². The Hall–Kier alpha value is -0.840. The summed E-state index contributed by atoms with van der Waals surface area (Å²) in [5.41, 5.74) is 7.94.